The van der Waals surface area contributed by atoms with Crippen molar-refractivity contribution >= 4 is 5.97 Å². The number of ether oxygens (including phenoxy) is 1. The fourth-order valence-corrected chi connectivity index (χ4v) is 1.56. The number of hydrogen-bond donors (Lipinski definition) is 1. The molecule has 0 unspecified atom stereocenters. The number of aliphatic carboxylic acids is 1. The fourth-order valence-electron chi connectivity index (χ4n) is 1.56. The van der Waals surface area contributed by atoms with Gasteiger partial charge in [0, 0.05) is 6.61 Å². The van der Waals surface area contributed by atoms with Crippen LogP contribution in [0.5, 0.6) is 0 Å². The van der Waals surface area contributed by atoms with Gasteiger partial charge >= 0.3 is 5.97 Å². The third-order valence-electron chi connectivity index (χ3n) is 2.51. The van der Waals surface area contributed by atoms with Gasteiger partial charge in [-0.2, -0.15) is 0 Å². The Labute approximate surface area is 105 Å². The molecular formula is C14H26O3. The molecule has 0 aromatic carbocycles. The van der Waals surface area contributed by atoms with Crippen molar-refractivity contribution in [2.45, 2.75) is 58.3 Å². The van der Waals surface area contributed by atoms with Gasteiger partial charge in [0.15, 0.2) is 0 Å². The summed E-state index contributed by atoms with van der Waals surface area (Å²) in [7, 11) is 0. The van der Waals surface area contributed by atoms with Gasteiger partial charge in [-0.3, -0.25) is 0 Å². The third kappa shape index (κ3) is 15.2. The van der Waals surface area contributed by atoms with Crippen molar-refractivity contribution in [3.8, 4) is 0 Å². The highest BCUT2D eigenvalue weighted by atomic mass is 16.5. The van der Waals surface area contributed by atoms with Crippen molar-refractivity contribution in [2.75, 3.05) is 13.2 Å². The Kier molecular flexibility index (Phi) is 12.6. The molecule has 0 aliphatic rings. The molecule has 0 aliphatic carbocycles. The largest absolute Gasteiger partial charge is 0.480 e. The molecular weight excluding hydrogens is 216 g/mol. The van der Waals surface area contributed by atoms with Crippen molar-refractivity contribution in [3.63, 3.8) is 0 Å². The minimum Gasteiger partial charge on any atom is -0.480 e. The summed E-state index contributed by atoms with van der Waals surface area (Å²) >= 11 is 0. The van der Waals surface area contributed by atoms with Crippen LogP contribution in [0.2, 0.25) is 0 Å². The molecule has 3 nitrogen and oxygen atoms in total. The molecule has 1 N–H and O–H groups in total. The molecule has 3 heteroatoms. The van der Waals surface area contributed by atoms with E-state index in [9.17, 15) is 4.79 Å². The lowest BCUT2D eigenvalue weighted by atomic mass is 10.1. The van der Waals surface area contributed by atoms with Gasteiger partial charge < -0.3 is 9.84 Å². The van der Waals surface area contributed by atoms with E-state index in [0.717, 1.165) is 12.8 Å². The maximum Gasteiger partial charge on any atom is 0.329 e. The van der Waals surface area contributed by atoms with Gasteiger partial charge in [-0.1, -0.05) is 44.8 Å². The second kappa shape index (κ2) is 13.2. The number of carboxylic acids is 1. The maximum atomic E-state index is 10.1. The van der Waals surface area contributed by atoms with Gasteiger partial charge in [0.1, 0.15) is 6.61 Å². The standard InChI is InChI=1S/C14H26O3/c1-2-3-4-5-6-7-8-9-10-11-12-17-13-14(15)16/h4-5H,2-3,6-13H2,1H3,(H,15,16). The molecule has 0 aliphatic heterocycles. The molecule has 0 heterocycles. The monoisotopic (exact) mass is 242 g/mol. The van der Waals surface area contributed by atoms with E-state index in [2.05, 4.69) is 19.1 Å². The van der Waals surface area contributed by atoms with E-state index in [-0.39, 0.29) is 6.61 Å². The van der Waals surface area contributed by atoms with E-state index in [1.165, 1.54) is 38.5 Å². The topological polar surface area (TPSA) is 46.5 Å². The van der Waals surface area contributed by atoms with Crippen molar-refractivity contribution in [3.05, 3.63) is 12.2 Å². The SMILES string of the molecule is CCCC=CCCCCCCCOCC(=O)O. The van der Waals surface area contributed by atoms with Crippen LogP contribution in [0.3, 0.4) is 0 Å². The zero-order chi connectivity index (χ0) is 12.8. The molecule has 0 atom stereocenters. The zero-order valence-corrected chi connectivity index (χ0v) is 11.0. The summed E-state index contributed by atoms with van der Waals surface area (Å²) in [4.78, 5) is 10.1. The first-order valence-electron chi connectivity index (χ1n) is 6.72. The van der Waals surface area contributed by atoms with E-state index >= 15 is 0 Å². The van der Waals surface area contributed by atoms with Crippen LogP contribution in [-0.2, 0) is 9.53 Å². The summed E-state index contributed by atoms with van der Waals surface area (Å²) in [5.74, 6) is -0.885. The van der Waals surface area contributed by atoms with Gasteiger partial charge in [-0.25, -0.2) is 4.79 Å². The van der Waals surface area contributed by atoms with E-state index in [1.807, 2.05) is 0 Å². The summed E-state index contributed by atoms with van der Waals surface area (Å²) in [5.41, 5.74) is 0. The van der Waals surface area contributed by atoms with Crippen molar-refractivity contribution in [1.29, 1.82) is 0 Å². The molecule has 0 fully saturated rings. The smallest absolute Gasteiger partial charge is 0.329 e. The van der Waals surface area contributed by atoms with Crippen molar-refractivity contribution in [1.82, 2.24) is 0 Å². The number of unbranched alkanes of at least 4 members (excludes halogenated alkanes) is 6. The molecule has 0 bridgehead atoms. The molecule has 0 saturated heterocycles. The Bertz CT molecular complexity index is 200. The second-order valence-electron chi connectivity index (χ2n) is 4.26. The van der Waals surface area contributed by atoms with E-state index in [0.29, 0.717) is 6.61 Å². The zero-order valence-electron chi connectivity index (χ0n) is 11.0. The van der Waals surface area contributed by atoms with E-state index < -0.39 is 5.97 Å². The summed E-state index contributed by atoms with van der Waals surface area (Å²) in [6, 6.07) is 0. The summed E-state index contributed by atoms with van der Waals surface area (Å²) in [6.07, 6.45) is 14.0. The first kappa shape index (κ1) is 16.2. The average molecular weight is 242 g/mol. The van der Waals surface area contributed by atoms with Crippen LogP contribution < -0.4 is 0 Å². The van der Waals surface area contributed by atoms with Crippen LogP contribution in [0, 0.1) is 0 Å². The minimum atomic E-state index is -0.885. The average Bonchev–Trinajstić information content (AvgIpc) is 2.30. The first-order valence-corrected chi connectivity index (χ1v) is 6.72. The van der Waals surface area contributed by atoms with E-state index in [1.54, 1.807) is 0 Å². The highest BCUT2D eigenvalue weighted by Crippen LogP contribution is 2.06. The van der Waals surface area contributed by atoms with Crippen LogP contribution in [0.25, 0.3) is 0 Å². The Morgan fingerprint density at radius 3 is 2.41 bits per heavy atom. The lowest BCUT2D eigenvalue weighted by Crippen LogP contribution is -2.07. The third-order valence-corrected chi connectivity index (χ3v) is 2.51. The molecule has 0 spiro atoms. The number of hydrogen-bond acceptors (Lipinski definition) is 2. The molecule has 0 saturated carbocycles. The molecule has 0 rings (SSSR count). The number of allylic oxidation sites excluding steroid dienone is 2. The van der Waals surface area contributed by atoms with Crippen molar-refractivity contribution < 1.29 is 14.6 Å². The molecule has 17 heavy (non-hydrogen) atoms. The molecule has 0 radical (unpaired) electrons. The lowest BCUT2D eigenvalue weighted by molar-refractivity contribution is -0.142. The summed E-state index contributed by atoms with van der Waals surface area (Å²) in [5, 5.41) is 8.34. The predicted octanol–water partition coefficient (Wildman–Crippen LogP) is 3.78. The van der Waals surface area contributed by atoms with E-state index in [4.69, 9.17) is 9.84 Å². The normalized spacial score (nSPS) is 11.1. The Morgan fingerprint density at radius 1 is 1.06 bits per heavy atom. The molecule has 100 valence electrons. The minimum absolute atomic E-state index is 0.164. The molecule has 0 aromatic rings. The summed E-state index contributed by atoms with van der Waals surface area (Å²) < 4.78 is 4.96. The Balaban J connectivity index is 3.01. The highest BCUT2D eigenvalue weighted by Gasteiger charge is 1.95. The second-order valence-corrected chi connectivity index (χ2v) is 4.26. The van der Waals surface area contributed by atoms with Crippen LogP contribution in [-0.4, -0.2) is 24.3 Å². The van der Waals surface area contributed by atoms with Gasteiger partial charge in [-0.05, 0) is 25.7 Å². The van der Waals surface area contributed by atoms with Crippen LogP contribution in [0.1, 0.15) is 58.3 Å². The van der Waals surface area contributed by atoms with Gasteiger partial charge in [-0.15, -0.1) is 0 Å². The van der Waals surface area contributed by atoms with Crippen molar-refractivity contribution in [2.24, 2.45) is 0 Å². The Morgan fingerprint density at radius 2 is 1.71 bits per heavy atom. The lowest BCUT2D eigenvalue weighted by Gasteiger charge is -2.01. The number of carbonyl (C=O) groups is 1. The fraction of sp³-hybridized carbons (Fsp3) is 0.786. The van der Waals surface area contributed by atoms with Crippen LogP contribution in [0.4, 0.5) is 0 Å². The summed E-state index contributed by atoms with van der Waals surface area (Å²) in [6.45, 7) is 2.60. The van der Waals surface area contributed by atoms with Crippen LogP contribution >= 0.6 is 0 Å². The van der Waals surface area contributed by atoms with Crippen LogP contribution in [0.15, 0.2) is 12.2 Å². The van der Waals surface area contributed by atoms with Gasteiger partial charge in [0.2, 0.25) is 0 Å². The van der Waals surface area contributed by atoms with Gasteiger partial charge in [0.25, 0.3) is 0 Å². The molecule has 0 amide bonds. The maximum absolute atomic E-state index is 10.1. The molecule has 0 aromatic heterocycles. The quantitative estimate of drug-likeness (QED) is 0.418. The number of carboxylic acid groups (broad SMARTS) is 1. The first-order chi connectivity index (χ1) is 8.27. The van der Waals surface area contributed by atoms with Gasteiger partial charge in [0.05, 0.1) is 0 Å². The number of rotatable bonds is 12. The predicted molar refractivity (Wildman–Crippen MR) is 70.2 cm³/mol. The highest BCUT2D eigenvalue weighted by molar-refractivity contribution is 5.67. The Hall–Kier alpha value is -0.830.